The molecule has 0 spiro atoms. The second-order valence-electron chi connectivity index (χ2n) is 12.4. The Bertz CT molecular complexity index is 954. The third-order valence-electron chi connectivity index (χ3n) is 6.90. The summed E-state index contributed by atoms with van der Waals surface area (Å²) in [7, 11) is 0. The summed E-state index contributed by atoms with van der Waals surface area (Å²) in [5.74, 6) is -9.44. The minimum absolute atomic E-state index is 0.130. The third kappa shape index (κ3) is 5.95. The molecule has 2 unspecified atom stereocenters. The first kappa shape index (κ1) is 27.8. The van der Waals surface area contributed by atoms with Gasteiger partial charge in [-0.2, -0.15) is 0 Å². The minimum Gasteiger partial charge on any atom is -0.363 e. The van der Waals surface area contributed by atoms with E-state index >= 15 is 0 Å². The van der Waals surface area contributed by atoms with Gasteiger partial charge in [-0.1, -0.05) is 33.6 Å². The first-order valence-corrected chi connectivity index (χ1v) is 12.3. The Morgan fingerprint density at radius 1 is 1.03 bits per heavy atom. The fraction of sp³-hybridized carbons (Fsp3) is 0.792. The van der Waals surface area contributed by atoms with Crippen molar-refractivity contribution in [3.63, 3.8) is 0 Å². The number of nitrogens with zero attached hydrogens (tertiary/aromatic N) is 1. The summed E-state index contributed by atoms with van der Waals surface area (Å²) in [6.45, 7) is 10.1. The third-order valence-corrected chi connectivity index (χ3v) is 6.90. The zero-order valence-corrected chi connectivity index (χ0v) is 21.6. The van der Waals surface area contributed by atoms with E-state index in [1.807, 2.05) is 0 Å². The Morgan fingerprint density at radius 3 is 2.08 bits per heavy atom. The van der Waals surface area contributed by atoms with Crippen LogP contribution in [0.4, 0.5) is 13.6 Å². The molecule has 1 saturated heterocycles. The van der Waals surface area contributed by atoms with Crippen LogP contribution in [0.1, 0.15) is 60.8 Å². The fourth-order valence-electron chi connectivity index (χ4n) is 4.80. The Kier molecular flexibility index (Phi) is 7.15. The van der Waals surface area contributed by atoms with Crippen molar-refractivity contribution < 1.29 is 32.8 Å². The van der Waals surface area contributed by atoms with Gasteiger partial charge in [0, 0.05) is 12.1 Å². The lowest BCUT2D eigenvalue weighted by Gasteiger charge is -2.37. The van der Waals surface area contributed by atoms with Gasteiger partial charge in [-0.15, -0.1) is 0 Å². The lowest BCUT2D eigenvalue weighted by Crippen LogP contribution is -2.62. The van der Waals surface area contributed by atoms with Crippen LogP contribution < -0.4 is 21.7 Å². The molecule has 12 heteroatoms. The molecule has 202 valence electrons. The van der Waals surface area contributed by atoms with Crippen molar-refractivity contribution in [2.45, 2.75) is 90.4 Å². The molecule has 3 aliphatic rings. The minimum atomic E-state index is -3.13. The van der Waals surface area contributed by atoms with Crippen LogP contribution in [0.5, 0.6) is 0 Å². The molecule has 36 heavy (non-hydrogen) atoms. The highest BCUT2D eigenvalue weighted by atomic mass is 19.3. The highest BCUT2D eigenvalue weighted by molar-refractivity contribution is 6.37. The fourth-order valence-corrected chi connectivity index (χ4v) is 4.80. The first-order chi connectivity index (χ1) is 16.3. The molecule has 0 aromatic heterocycles. The number of hydrogen-bond acceptors (Lipinski definition) is 5. The van der Waals surface area contributed by atoms with Crippen LogP contribution in [0.25, 0.3) is 0 Å². The molecule has 5 N–H and O–H groups in total. The molecule has 3 fully saturated rings. The van der Waals surface area contributed by atoms with E-state index in [-0.39, 0.29) is 18.9 Å². The number of halogens is 2. The van der Waals surface area contributed by atoms with Crippen LogP contribution in [0, 0.1) is 23.2 Å². The summed E-state index contributed by atoms with van der Waals surface area (Å²) in [5.41, 5.74) is 3.73. The second kappa shape index (κ2) is 9.26. The van der Waals surface area contributed by atoms with Crippen molar-refractivity contribution in [2.75, 3.05) is 6.54 Å². The summed E-state index contributed by atoms with van der Waals surface area (Å²) in [6.07, 6.45) is 1.83. The van der Waals surface area contributed by atoms with Gasteiger partial charge in [-0.25, -0.2) is 13.6 Å². The number of hydrogen-bond donors (Lipinski definition) is 4. The van der Waals surface area contributed by atoms with Gasteiger partial charge < -0.3 is 26.6 Å². The monoisotopic (exact) mass is 513 g/mol. The summed E-state index contributed by atoms with van der Waals surface area (Å²) >= 11 is 0. The maximum Gasteiger partial charge on any atom is 0.315 e. The molecule has 2 saturated carbocycles. The average Bonchev–Trinajstić information content (AvgIpc) is 3.55. The number of nitrogens with two attached hydrogens (primary N) is 1. The lowest BCUT2D eigenvalue weighted by molar-refractivity contribution is -0.146. The number of ketones is 1. The van der Waals surface area contributed by atoms with E-state index in [0.29, 0.717) is 0 Å². The Labute approximate surface area is 209 Å². The van der Waals surface area contributed by atoms with Gasteiger partial charge in [-0.05, 0) is 38.5 Å². The van der Waals surface area contributed by atoms with Crippen LogP contribution in [0.3, 0.4) is 0 Å². The number of alkyl halides is 2. The van der Waals surface area contributed by atoms with Crippen molar-refractivity contribution in [2.24, 2.45) is 28.9 Å². The summed E-state index contributed by atoms with van der Waals surface area (Å²) in [5, 5.41) is 7.76. The molecule has 2 aliphatic carbocycles. The van der Waals surface area contributed by atoms with Gasteiger partial charge in [0.1, 0.15) is 12.1 Å². The maximum atomic E-state index is 14.4. The molecular weight excluding hydrogens is 476 g/mol. The second-order valence-corrected chi connectivity index (χ2v) is 12.4. The highest BCUT2D eigenvalue weighted by Crippen LogP contribution is 2.62. The Morgan fingerprint density at radius 2 is 1.61 bits per heavy atom. The number of carbonyl (C=O) groups excluding carboxylic acids is 5. The summed E-state index contributed by atoms with van der Waals surface area (Å²) in [6, 6.07) is -4.50. The molecule has 0 aromatic rings. The predicted molar refractivity (Wildman–Crippen MR) is 126 cm³/mol. The number of primary amides is 1. The quantitative estimate of drug-likeness (QED) is 0.356. The standard InChI is InChI=1S/C24H37F2N5O5/c1-22(2,3)17(29-21(36)30-23(4,5)6)20(35)31-10-12-14(24(12,25)26)15(31)19(34)28-13(9-11-7-8-11)16(32)18(27)33/h11-15,17H,7-10H2,1-6H3,(H2,27,33)(H,28,34)(H2,29,30,36)/t12?,13?,14-,15-,17+/m0/s1. The lowest BCUT2D eigenvalue weighted by atomic mass is 9.85. The van der Waals surface area contributed by atoms with E-state index in [1.54, 1.807) is 41.5 Å². The van der Waals surface area contributed by atoms with E-state index in [2.05, 4.69) is 16.0 Å². The van der Waals surface area contributed by atoms with Gasteiger partial charge in [-0.3, -0.25) is 19.2 Å². The van der Waals surface area contributed by atoms with Gasteiger partial charge in [0.2, 0.25) is 17.6 Å². The Balaban J connectivity index is 1.83. The number of amides is 5. The van der Waals surface area contributed by atoms with E-state index in [4.69, 9.17) is 5.73 Å². The molecule has 0 radical (unpaired) electrons. The van der Waals surface area contributed by atoms with Gasteiger partial charge >= 0.3 is 6.03 Å². The zero-order chi connectivity index (χ0) is 27.4. The van der Waals surface area contributed by atoms with E-state index in [1.165, 1.54) is 0 Å². The van der Waals surface area contributed by atoms with Crippen LogP contribution >= 0.6 is 0 Å². The molecule has 5 atom stereocenters. The van der Waals surface area contributed by atoms with Crippen molar-refractivity contribution in [3.05, 3.63) is 0 Å². The molecule has 3 rings (SSSR count). The predicted octanol–water partition coefficient (Wildman–Crippen LogP) is 0.930. The Hall–Kier alpha value is -2.79. The smallest absolute Gasteiger partial charge is 0.315 e. The van der Waals surface area contributed by atoms with Gasteiger partial charge in [0.05, 0.1) is 17.9 Å². The van der Waals surface area contributed by atoms with Crippen molar-refractivity contribution in [3.8, 4) is 0 Å². The number of urea groups is 1. The normalized spacial score (nSPS) is 26.3. The van der Waals surface area contributed by atoms with Crippen LogP contribution in [0.2, 0.25) is 0 Å². The molecule has 0 bridgehead atoms. The van der Waals surface area contributed by atoms with Crippen molar-refractivity contribution >= 4 is 29.5 Å². The topological polar surface area (TPSA) is 151 Å². The van der Waals surface area contributed by atoms with Gasteiger partial charge in [0.25, 0.3) is 11.8 Å². The molecule has 1 heterocycles. The molecule has 1 aliphatic heterocycles. The van der Waals surface area contributed by atoms with Gasteiger partial charge in [0.15, 0.2) is 0 Å². The van der Waals surface area contributed by atoms with Crippen molar-refractivity contribution in [1.29, 1.82) is 0 Å². The zero-order valence-electron chi connectivity index (χ0n) is 21.6. The van der Waals surface area contributed by atoms with E-state index in [0.717, 1.165) is 17.7 Å². The van der Waals surface area contributed by atoms with Crippen LogP contribution in [0.15, 0.2) is 0 Å². The number of likely N-dealkylation sites (tertiary alicyclic amines) is 1. The molecule has 5 amide bonds. The van der Waals surface area contributed by atoms with Crippen molar-refractivity contribution in [1.82, 2.24) is 20.9 Å². The average molecular weight is 514 g/mol. The molecular formula is C24H37F2N5O5. The number of fused-ring (bicyclic) bond motifs is 1. The summed E-state index contributed by atoms with van der Waals surface area (Å²) < 4.78 is 28.9. The summed E-state index contributed by atoms with van der Waals surface area (Å²) in [4.78, 5) is 64.3. The maximum absolute atomic E-state index is 14.4. The largest absolute Gasteiger partial charge is 0.363 e. The van der Waals surface area contributed by atoms with E-state index in [9.17, 15) is 32.8 Å². The number of nitrogens with one attached hydrogen (secondary N) is 3. The van der Waals surface area contributed by atoms with Crippen LogP contribution in [-0.2, 0) is 19.2 Å². The number of rotatable bonds is 8. The highest BCUT2D eigenvalue weighted by Gasteiger charge is 2.78. The number of carbonyl (C=O) groups is 5. The molecule has 0 aromatic carbocycles. The SMILES string of the molecule is CC(C)(C)NC(=O)N[C@H](C(=O)N1CC2[C@@H]([C@H]1C(=O)NC(CC1CC1)C(=O)C(N)=O)C2(F)F)C(C)(C)C. The first-order valence-electron chi connectivity index (χ1n) is 12.3. The molecule has 10 nitrogen and oxygen atoms in total. The number of piperidine rings is 1. The van der Waals surface area contributed by atoms with Crippen LogP contribution in [-0.4, -0.2) is 70.6 Å². The van der Waals surface area contributed by atoms with E-state index < -0.39 is 76.4 Å². The number of Topliss-reactive ketones (excluding diaryl/α,β-unsaturated/α-hetero) is 1.